The minimum atomic E-state index is -0.651. The molecule has 6 heteroatoms. The van der Waals surface area contributed by atoms with Crippen molar-refractivity contribution in [3.8, 4) is 11.5 Å². The molecule has 1 aliphatic rings. The molecule has 2 N–H and O–H groups in total. The van der Waals surface area contributed by atoms with E-state index in [1.54, 1.807) is 12.1 Å². The molecule has 2 atom stereocenters. The van der Waals surface area contributed by atoms with Crippen molar-refractivity contribution in [3.63, 3.8) is 0 Å². The number of Topliss-reactive ketones (excluding diaryl/α,β-unsaturated/α-hetero) is 1. The number of allylic oxidation sites excluding steroid dienone is 2. The molecule has 0 radical (unpaired) electrons. The zero-order valence-corrected chi connectivity index (χ0v) is 14.0. The molecule has 0 aliphatic carbocycles. The van der Waals surface area contributed by atoms with Gasteiger partial charge in [0.2, 0.25) is 6.29 Å². The number of methoxy groups -OCH3 is 2. The largest absolute Gasteiger partial charge is 0.504 e. The molecule has 0 saturated carbocycles. The highest BCUT2D eigenvalue weighted by molar-refractivity contribution is 5.86. The van der Waals surface area contributed by atoms with Crippen molar-refractivity contribution in [2.75, 3.05) is 14.2 Å². The quantitative estimate of drug-likeness (QED) is 0.614. The normalized spacial score (nSPS) is 22.0. The predicted molar refractivity (Wildman–Crippen MR) is 87.3 cm³/mol. The number of hydrogen-bond acceptors (Lipinski definition) is 6. The van der Waals surface area contributed by atoms with E-state index in [0.29, 0.717) is 6.42 Å². The molecule has 130 valence electrons. The summed E-state index contributed by atoms with van der Waals surface area (Å²) in [5.74, 6) is -0.597. The third-order valence-corrected chi connectivity index (χ3v) is 3.95. The Hall–Kier alpha value is -2.47. The van der Waals surface area contributed by atoms with Gasteiger partial charge in [-0.1, -0.05) is 12.1 Å². The molecule has 2 rings (SSSR count). The smallest absolute Gasteiger partial charge is 0.278 e. The third kappa shape index (κ3) is 3.89. The van der Waals surface area contributed by atoms with Gasteiger partial charge in [-0.05, 0) is 31.0 Å². The van der Waals surface area contributed by atoms with E-state index in [-0.39, 0.29) is 29.6 Å². The summed E-state index contributed by atoms with van der Waals surface area (Å²) in [6.45, 7) is 1.83. The van der Waals surface area contributed by atoms with Crippen molar-refractivity contribution in [3.05, 3.63) is 47.4 Å². The summed E-state index contributed by atoms with van der Waals surface area (Å²) < 4.78 is 15.9. The van der Waals surface area contributed by atoms with Gasteiger partial charge >= 0.3 is 0 Å². The summed E-state index contributed by atoms with van der Waals surface area (Å²) in [4.78, 5) is 12.7. The second kappa shape index (κ2) is 7.88. The number of ketones is 1. The van der Waals surface area contributed by atoms with E-state index >= 15 is 0 Å². The first kappa shape index (κ1) is 17.9. The van der Waals surface area contributed by atoms with Crippen LogP contribution in [0.3, 0.4) is 0 Å². The number of hydrogen-bond donors (Lipinski definition) is 2. The number of rotatable bonds is 6. The van der Waals surface area contributed by atoms with Crippen LogP contribution in [-0.4, -0.2) is 36.5 Å². The maximum atomic E-state index is 12.7. The summed E-state index contributed by atoms with van der Waals surface area (Å²) in [6.07, 6.45) is 3.53. The van der Waals surface area contributed by atoms with E-state index in [0.717, 1.165) is 11.1 Å². The Morgan fingerprint density at radius 1 is 1.29 bits per heavy atom. The van der Waals surface area contributed by atoms with Gasteiger partial charge in [0.1, 0.15) is 5.78 Å². The molecule has 1 heterocycles. The van der Waals surface area contributed by atoms with Crippen LogP contribution in [-0.2, 0) is 25.4 Å². The van der Waals surface area contributed by atoms with Crippen LogP contribution in [0.1, 0.15) is 18.9 Å². The summed E-state index contributed by atoms with van der Waals surface area (Å²) >= 11 is 0. The fraction of sp³-hybridized carbons (Fsp3) is 0.389. The summed E-state index contributed by atoms with van der Waals surface area (Å²) in [7, 11) is 2.98. The number of aryl methyl sites for hydroxylation is 1. The maximum absolute atomic E-state index is 12.7. The Labute approximate surface area is 141 Å². The summed E-state index contributed by atoms with van der Waals surface area (Å²) in [5, 5.41) is 18.9. The van der Waals surface area contributed by atoms with Gasteiger partial charge in [0.05, 0.1) is 13.0 Å². The van der Waals surface area contributed by atoms with Crippen LogP contribution in [0.4, 0.5) is 0 Å². The lowest BCUT2D eigenvalue weighted by molar-refractivity contribution is -0.133. The standard InChI is InChI=1S/C18H22O6/c1-4-12-13(10-17(22-2)24-18(12)23-3)14(19)7-5-11-6-8-15(20)16(21)9-11/h4,6,8-10,13,18,20-21H,5,7H2,1-3H3/b12-4+/t13-,18?/m1/s1. The molecule has 0 saturated heterocycles. The number of ether oxygens (including phenoxy) is 3. The first-order valence-electron chi connectivity index (χ1n) is 7.65. The lowest BCUT2D eigenvalue weighted by atomic mass is 9.89. The minimum Gasteiger partial charge on any atom is -0.504 e. The third-order valence-electron chi connectivity index (χ3n) is 3.95. The molecule has 0 fully saturated rings. The van der Waals surface area contributed by atoms with Gasteiger partial charge in [0, 0.05) is 25.2 Å². The number of phenolic OH excluding ortho intramolecular Hbond substituents is 2. The van der Waals surface area contributed by atoms with E-state index in [4.69, 9.17) is 14.2 Å². The van der Waals surface area contributed by atoms with Crippen LogP contribution in [0.2, 0.25) is 0 Å². The molecular weight excluding hydrogens is 312 g/mol. The zero-order valence-electron chi connectivity index (χ0n) is 14.0. The molecule has 1 aliphatic heterocycles. The lowest BCUT2D eigenvalue weighted by Crippen LogP contribution is -2.31. The van der Waals surface area contributed by atoms with Gasteiger partial charge in [0.15, 0.2) is 11.5 Å². The number of carbonyl (C=O) groups is 1. The maximum Gasteiger partial charge on any atom is 0.278 e. The van der Waals surface area contributed by atoms with Crippen LogP contribution < -0.4 is 0 Å². The Kier molecular flexibility index (Phi) is 5.87. The van der Waals surface area contributed by atoms with Gasteiger partial charge in [-0.3, -0.25) is 4.79 Å². The van der Waals surface area contributed by atoms with Crippen molar-refractivity contribution in [1.82, 2.24) is 0 Å². The van der Waals surface area contributed by atoms with E-state index < -0.39 is 12.2 Å². The average molecular weight is 334 g/mol. The lowest BCUT2D eigenvalue weighted by Gasteiger charge is -2.29. The fourth-order valence-electron chi connectivity index (χ4n) is 2.63. The topological polar surface area (TPSA) is 85.2 Å². The highest BCUT2D eigenvalue weighted by atomic mass is 16.7. The molecule has 1 aromatic carbocycles. The second-order valence-corrected chi connectivity index (χ2v) is 5.43. The van der Waals surface area contributed by atoms with Crippen LogP contribution in [0, 0.1) is 5.92 Å². The van der Waals surface area contributed by atoms with Crippen LogP contribution in [0.5, 0.6) is 11.5 Å². The molecule has 24 heavy (non-hydrogen) atoms. The zero-order chi connectivity index (χ0) is 17.7. The SMILES string of the molecule is C/C=C1/C(OC)OC(OC)=C[C@H]1C(=O)CCc1ccc(O)c(O)c1. The Balaban J connectivity index is 2.12. The molecule has 0 aromatic heterocycles. The van der Waals surface area contributed by atoms with E-state index in [1.807, 2.05) is 13.0 Å². The number of aromatic hydroxyl groups is 2. The first-order valence-corrected chi connectivity index (χ1v) is 7.65. The van der Waals surface area contributed by atoms with E-state index in [1.165, 1.54) is 26.4 Å². The number of benzene rings is 1. The predicted octanol–water partition coefficient (Wildman–Crippen LogP) is 2.65. The van der Waals surface area contributed by atoms with Crippen molar-refractivity contribution in [1.29, 1.82) is 0 Å². The Morgan fingerprint density at radius 3 is 2.62 bits per heavy atom. The van der Waals surface area contributed by atoms with Crippen molar-refractivity contribution >= 4 is 5.78 Å². The van der Waals surface area contributed by atoms with E-state index in [9.17, 15) is 15.0 Å². The minimum absolute atomic E-state index is 0.00411. The summed E-state index contributed by atoms with van der Waals surface area (Å²) in [5.41, 5.74) is 1.50. The molecule has 1 unspecified atom stereocenters. The van der Waals surface area contributed by atoms with Crippen molar-refractivity contribution in [2.45, 2.75) is 26.1 Å². The Bertz CT molecular complexity index is 661. The molecule has 1 aromatic rings. The summed E-state index contributed by atoms with van der Waals surface area (Å²) in [6, 6.07) is 4.54. The molecular formula is C18H22O6. The van der Waals surface area contributed by atoms with Crippen molar-refractivity contribution < 1.29 is 29.2 Å². The highest BCUT2D eigenvalue weighted by Crippen LogP contribution is 2.31. The Morgan fingerprint density at radius 2 is 2.04 bits per heavy atom. The second-order valence-electron chi connectivity index (χ2n) is 5.43. The van der Waals surface area contributed by atoms with Gasteiger partial charge in [-0.15, -0.1) is 0 Å². The van der Waals surface area contributed by atoms with Crippen molar-refractivity contribution in [2.24, 2.45) is 5.92 Å². The molecule has 0 bridgehead atoms. The fourth-order valence-corrected chi connectivity index (χ4v) is 2.63. The molecule has 0 amide bonds. The van der Waals surface area contributed by atoms with Crippen LogP contribution >= 0.6 is 0 Å². The van der Waals surface area contributed by atoms with Crippen LogP contribution in [0.25, 0.3) is 0 Å². The average Bonchev–Trinajstić information content (AvgIpc) is 2.60. The molecule has 0 spiro atoms. The number of carbonyl (C=O) groups excluding carboxylic acids is 1. The first-order chi connectivity index (χ1) is 11.5. The van der Waals surface area contributed by atoms with E-state index in [2.05, 4.69) is 0 Å². The van der Waals surface area contributed by atoms with Crippen LogP contribution in [0.15, 0.2) is 41.9 Å². The monoisotopic (exact) mass is 334 g/mol. The number of phenols is 2. The highest BCUT2D eigenvalue weighted by Gasteiger charge is 2.33. The van der Waals surface area contributed by atoms with Gasteiger partial charge < -0.3 is 24.4 Å². The van der Waals surface area contributed by atoms with Gasteiger partial charge in [-0.2, -0.15) is 0 Å². The van der Waals surface area contributed by atoms with Gasteiger partial charge in [0.25, 0.3) is 5.95 Å². The molecule has 6 nitrogen and oxygen atoms in total. The van der Waals surface area contributed by atoms with Gasteiger partial charge in [-0.25, -0.2) is 0 Å².